The van der Waals surface area contributed by atoms with E-state index in [0.29, 0.717) is 11.6 Å². The zero-order valence-corrected chi connectivity index (χ0v) is 16.9. The Labute approximate surface area is 169 Å². The van der Waals surface area contributed by atoms with Gasteiger partial charge in [-0.15, -0.1) is 0 Å². The summed E-state index contributed by atoms with van der Waals surface area (Å²) in [4.78, 5) is 23.0. The van der Waals surface area contributed by atoms with Gasteiger partial charge < -0.3 is 10.1 Å². The first-order chi connectivity index (χ1) is 13.8. The molecule has 152 valence electrons. The first-order valence-corrected chi connectivity index (χ1v) is 11.6. The van der Waals surface area contributed by atoms with Gasteiger partial charge in [-0.1, -0.05) is 31.7 Å². The van der Waals surface area contributed by atoms with Crippen LogP contribution in [0.2, 0.25) is 0 Å². The van der Waals surface area contributed by atoms with Gasteiger partial charge in [0.15, 0.2) is 14.9 Å². The minimum Gasteiger partial charge on any atom is -0.478 e. The molecule has 1 atom stereocenters. The molecule has 1 fully saturated rings. The van der Waals surface area contributed by atoms with Gasteiger partial charge in [-0.25, -0.2) is 23.2 Å². The van der Waals surface area contributed by atoms with Crippen molar-refractivity contribution in [2.45, 2.75) is 43.0 Å². The van der Waals surface area contributed by atoms with Gasteiger partial charge in [0.1, 0.15) is 5.65 Å². The van der Waals surface area contributed by atoms with Gasteiger partial charge in [-0.2, -0.15) is 0 Å². The molecule has 0 aliphatic heterocycles. The molecule has 4 rings (SSSR count). The fourth-order valence-corrected chi connectivity index (χ4v) is 4.74. The van der Waals surface area contributed by atoms with Crippen molar-refractivity contribution in [3.05, 3.63) is 53.5 Å². The number of carbonyl (C=O) groups is 1. The van der Waals surface area contributed by atoms with E-state index in [1.165, 1.54) is 31.9 Å². The van der Waals surface area contributed by atoms with Crippen molar-refractivity contribution in [3.8, 4) is 0 Å². The number of sulfone groups is 1. The lowest BCUT2D eigenvalue weighted by Crippen LogP contribution is -2.09. The van der Waals surface area contributed by atoms with Crippen molar-refractivity contribution >= 4 is 26.8 Å². The van der Waals surface area contributed by atoms with Gasteiger partial charge >= 0.3 is 5.97 Å². The van der Waals surface area contributed by atoms with Crippen LogP contribution < -0.4 is 0 Å². The summed E-state index contributed by atoms with van der Waals surface area (Å²) in [5.41, 5.74) is 2.67. The van der Waals surface area contributed by atoms with E-state index in [4.69, 9.17) is 0 Å². The predicted octanol–water partition coefficient (Wildman–Crippen LogP) is 3.77. The molecular weight excluding hydrogens is 390 g/mol. The summed E-state index contributed by atoms with van der Waals surface area (Å²) in [5, 5.41) is 10.0. The van der Waals surface area contributed by atoms with Crippen LogP contribution in [0.15, 0.2) is 41.7 Å². The fourth-order valence-electron chi connectivity index (χ4n) is 4.18. The molecule has 0 amide bonds. The average molecular weight is 413 g/mol. The maximum atomic E-state index is 11.7. The lowest BCUT2D eigenvalue weighted by atomic mass is 9.86. The highest BCUT2D eigenvalue weighted by molar-refractivity contribution is 7.90. The molecule has 3 aromatic heterocycles. The van der Waals surface area contributed by atoms with Crippen LogP contribution in [0.5, 0.6) is 0 Å². The molecule has 1 aliphatic carbocycles. The van der Waals surface area contributed by atoms with Gasteiger partial charge in [0.25, 0.3) is 0 Å². The Morgan fingerprint density at radius 1 is 1.21 bits per heavy atom. The second-order valence-corrected chi connectivity index (χ2v) is 9.79. The van der Waals surface area contributed by atoms with Crippen LogP contribution in [0.3, 0.4) is 0 Å². The lowest BCUT2D eigenvalue weighted by molar-refractivity contribution is 0.0696. The second kappa shape index (κ2) is 7.59. The van der Waals surface area contributed by atoms with Crippen molar-refractivity contribution in [1.82, 2.24) is 15.0 Å². The van der Waals surface area contributed by atoms with Crippen molar-refractivity contribution in [1.29, 1.82) is 0 Å². The largest absolute Gasteiger partial charge is 0.478 e. The summed E-state index contributed by atoms with van der Waals surface area (Å²) in [6.07, 6.45) is 9.90. The zero-order chi connectivity index (χ0) is 20.6. The van der Waals surface area contributed by atoms with Gasteiger partial charge in [0.2, 0.25) is 0 Å². The third-order valence-electron chi connectivity index (χ3n) is 5.70. The Morgan fingerprint density at radius 3 is 2.59 bits per heavy atom. The molecule has 7 nitrogen and oxygen atoms in total. The quantitative estimate of drug-likeness (QED) is 0.636. The van der Waals surface area contributed by atoms with E-state index < -0.39 is 15.8 Å². The van der Waals surface area contributed by atoms with Crippen LogP contribution in [0.25, 0.3) is 11.0 Å². The second-order valence-electron chi connectivity index (χ2n) is 7.83. The van der Waals surface area contributed by atoms with Gasteiger partial charge in [-0.05, 0) is 36.1 Å². The Hall–Kier alpha value is -2.74. The Balaban J connectivity index is 1.73. The first-order valence-electron chi connectivity index (χ1n) is 9.69. The number of H-pyrrole nitrogens is 1. The molecule has 1 unspecified atom stereocenters. The average Bonchev–Trinajstić information content (AvgIpc) is 3.34. The number of nitrogens with zero attached hydrogens (tertiary/aromatic N) is 2. The first kappa shape index (κ1) is 19.6. The number of hydrogen-bond acceptors (Lipinski definition) is 5. The Bertz CT molecular complexity index is 1150. The molecule has 3 aromatic rings. The number of aromatic carboxylic acids is 1. The number of fused-ring (bicyclic) bond motifs is 1. The third-order valence-corrected chi connectivity index (χ3v) is 6.70. The topological polar surface area (TPSA) is 113 Å². The summed E-state index contributed by atoms with van der Waals surface area (Å²) in [7, 11) is -3.35. The van der Waals surface area contributed by atoms with Gasteiger partial charge in [-0.3, -0.25) is 0 Å². The van der Waals surface area contributed by atoms with E-state index in [-0.39, 0.29) is 16.5 Å². The molecule has 0 bridgehead atoms. The number of hydrogen-bond donors (Lipinski definition) is 2. The van der Waals surface area contributed by atoms with Crippen molar-refractivity contribution in [2.24, 2.45) is 5.92 Å². The molecule has 1 aliphatic rings. The monoisotopic (exact) mass is 413 g/mol. The van der Waals surface area contributed by atoms with Crippen molar-refractivity contribution < 1.29 is 18.3 Å². The standard InChI is InChI=1S/C21H23N3O4S/c1-29(27,28)19-7-6-14(11-22-19)17(8-13-4-2-3-5-13)18-10-15-9-16(21(25)26)12-23-20(15)24-18/h6-7,9-13,17H,2-5,8H2,1H3,(H,23,24)(H,25,26). The number of rotatable bonds is 6. The molecule has 0 saturated heterocycles. The normalized spacial score (nSPS) is 16.3. The van der Waals surface area contributed by atoms with Crippen molar-refractivity contribution in [2.75, 3.05) is 6.26 Å². The highest BCUT2D eigenvalue weighted by atomic mass is 32.2. The minimum absolute atomic E-state index is 0.0155. The third kappa shape index (κ3) is 4.17. The Kier molecular flexibility index (Phi) is 5.12. The van der Waals surface area contributed by atoms with Crippen LogP contribution in [0.1, 0.15) is 59.6 Å². The highest BCUT2D eigenvalue weighted by Gasteiger charge is 2.25. The number of carboxylic acids is 1. The molecule has 1 saturated carbocycles. The van der Waals surface area contributed by atoms with E-state index in [0.717, 1.165) is 29.3 Å². The smallest absolute Gasteiger partial charge is 0.337 e. The number of aromatic amines is 1. The molecule has 8 heteroatoms. The van der Waals surface area contributed by atoms with Gasteiger partial charge in [0, 0.05) is 35.6 Å². The number of pyridine rings is 2. The fraction of sp³-hybridized carbons (Fsp3) is 0.381. The minimum atomic E-state index is -3.35. The molecule has 0 radical (unpaired) electrons. The predicted molar refractivity (Wildman–Crippen MR) is 109 cm³/mol. The van der Waals surface area contributed by atoms with E-state index >= 15 is 0 Å². The molecule has 3 heterocycles. The van der Waals surface area contributed by atoms with Gasteiger partial charge in [0.05, 0.1) is 5.56 Å². The molecule has 0 aromatic carbocycles. The molecule has 2 N–H and O–H groups in total. The van der Waals surface area contributed by atoms with Crippen LogP contribution in [-0.2, 0) is 9.84 Å². The maximum absolute atomic E-state index is 11.7. The zero-order valence-electron chi connectivity index (χ0n) is 16.1. The molecular formula is C21H23N3O4S. The SMILES string of the molecule is CS(=O)(=O)c1ccc(C(CC2CCCC2)c2cc3cc(C(=O)O)cnc3[nH]2)cn1. The summed E-state index contributed by atoms with van der Waals surface area (Å²) < 4.78 is 23.5. The lowest BCUT2D eigenvalue weighted by Gasteiger charge is -2.20. The number of aromatic nitrogens is 3. The maximum Gasteiger partial charge on any atom is 0.337 e. The summed E-state index contributed by atoms with van der Waals surface area (Å²) >= 11 is 0. The summed E-state index contributed by atoms with van der Waals surface area (Å²) in [6.45, 7) is 0. The van der Waals surface area contributed by atoms with Crippen LogP contribution >= 0.6 is 0 Å². The number of carboxylic acid groups (broad SMARTS) is 1. The van der Waals surface area contributed by atoms with Crippen molar-refractivity contribution in [3.63, 3.8) is 0 Å². The van der Waals surface area contributed by atoms with E-state index in [1.807, 2.05) is 12.1 Å². The van der Waals surface area contributed by atoms with Crippen LogP contribution in [0.4, 0.5) is 0 Å². The number of nitrogens with one attached hydrogen (secondary N) is 1. The van der Waals surface area contributed by atoms with Crippen LogP contribution in [-0.4, -0.2) is 40.7 Å². The van der Waals surface area contributed by atoms with E-state index in [1.54, 1.807) is 18.3 Å². The molecule has 29 heavy (non-hydrogen) atoms. The van der Waals surface area contributed by atoms with E-state index in [2.05, 4.69) is 15.0 Å². The van der Waals surface area contributed by atoms with E-state index in [9.17, 15) is 18.3 Å². The highest BCUT2D eigenvalue weighted by Crippen LogP contribution is 2.38. The summed E-state index contributed by atoms with van der Waals surface area (Å²) in [5.74, 6) is -0.393. The van der Waals surface area contributed by atoms with Crippen LogP contribution in [0, 0.1) is 5.92 Å². The molecule has 0 spiro atoms. The summed E-state index contributed by atoms with van der Waals surface area (Å²) in [6, 6.07) is 6.93. The Morgan fingerprint density at radius 2 is 1.97 bits per heavy atom.